The Morgan fingerprint density at radius 1 is 1.45 bits per heavy atom. The minimum absolute atomic E-state index is 0. The zero-order chi connectivity index (χ0) is 6.95. The van der Waals surface area contributed by atoms with Crippen molar-refractivity contribution >= 4 is 15.2 Å². The first-order valence-corrected chi connectivity index (χ1v) is 2.76. The van der Waals surface area contributed by atoms with Gasteiger partial charge in [0.1, 0.15) is 0 Å². The molecule has 1 unspecified atom stereocenters. The van der Waals surface area contributed by atoms with Crippen molar-refractivity contribution < 1.29 is 24.6 Å². The molecule has 6 nitrogen and oxygen atoms in total. The minimum Gasteiger partial charge on any atom is -0.347 e. The fourth-order valence-electron chi connectivity index (χ4n) is 0.119. The van der Waals surface area contributed by atoms with E-state index in [1.165, 1.54) is 6.21 Å². The van der Waals surface area contributed by atoms with Crippen LogP contribution in [0.3, 0.4) is 0 Å². The second-order valence-electron chi connectivity index (χ2n) is 0.764. The molecule has 0 saturated carbocycles. The molecule has 0 heterocycles. The quantitative estimate of drug-likeness (QED) is 0.235. The molecule has 0 aliphatic heterocycles. The van der Waals surface area contributed by atoms with Crippen LogP contribution in [0.2, 0.25) is 0 Å². The molecule has 0 amide bonds. The molecule has 11 heavy (non-hydrogen) atoms. The lowest BCUT2D eigenvalue weighted by molar-refractivity contribution is -0.594. The first kappa shape index (κ1) is 17.0. The van der Waals surface area contributed by atoms with Gasteiger partial charge in [-0.3, -0.25) is 0 Å². The highest BCUT2D eigenvalue weighted by atomic mass is 31.1. The smallest absolute Gasteiger partial charge is 0.284 e. The van der Waals surface area contributed by atoms with Gasteiger partial charge in [-0.1, -0.05) is 20.0 Å². The first-order chi connectivity index (χ1) is 4.41. The average Bonchev–Trinajstić information content (AvgIpc) is 1.89. The number of hydrogen-bond acceptors (Lipinski definition) is 6. The fraction of sp³-hybridized carbons (Fsp3) is 0.750. The summed E-state index contributed by atoms with van der Waals surface area (Å²) in [6, 6.07) is 0. The zero-order valence-corrected chi connectivity index (χ0v) is 5.60. The SMILES string of the molecule is C.C.C/C=N/OPOOOO. The Kier molecular flexibility index (Phi) is 25.3. The lowest BCUT2D eigenvalue weighted by Crippen LogP contribution is -1.82. The van der Waals surface area contributed by atoms with Gasteiger partial charge in [0.15, 0.2) is 0 Å². The third kappa shape index (κ3) is 17.7. The van der Waals surface area contributed by atoms with E-state index in [-0.39, 0.29) is 14.9 Å². The van der Waals surface area contributed by atoms with Crippen molar-refractivity contribution in [3.63, 3.8) is 0 Å². The van der Waals surface area contributed by atoms with Crippen LogP contribution < -0.4 is 0 Å². The Balaban J connectivity index is -0.000000320. The van der Waals surface area contributed by atoms with E-state index < -0.39 is 9.03 Å². The predicted octanol–water partition coefficient (Wildman–Crippen LogP) is 2.14. The third-order valence-corrected chi connectivity index (χ3v) is 0.610. The summed E-state index contributed by atoms with van der Waals surface area (Å²) in [6.07, 6.45) is 1.43. The molecular formula is C4H14NO5P. The van der Waals surface area contributed by atoms with Gasteiger partial charge < -0.3 is 4.62 Å². The highest BCUT2D eigenvalue weighted by Crippen LogP contribution is 2.13. The monoisotopic (exact) mass is 187 g/mol. The topological polar surface area (TPSA) is 69.5 Å². The molecule has 0 rings (SSSR count). The summed E-state index contributed by atoms with van der Waals surface area (Å²) in [4.78, 5) is 0. The van der Waals surface area contributed by atoms with Crippen molar-refractivity contribution in [1.82, 2.24) is 0 Å². The molecule has 0 bridgehead atoms. The molecule has 0 spiro atoms. The molecule has 0 aromatic heterocycles. The Hall–Kier alpha value is -0.260. The van der Waals surface area contributed by atoms with Crippen LogP contribution in [0.4, 0.5) is 0 Å². The van der Waals surface area contributed by atoms with Gasteiger partial charge >= 0.3 is 0 Å². The van der Waals surface area contributed by atoms with Gasteiger partial charge in [-0.2, -0.15) is 0 Å². The van der Waals surface area contributed by atoms with Gasteiger partial charge in [-0.25, -0.2) is 5.26 Å². The van der Waals surface area contributed by atoms with Crippen molar-refractivity contribution in [1.29, 1.82) is 0 Å². The summed E-state index contributed by atoms with van der Waals surface area (Å²) in [7, 11) is -0.459. The summed E-state index contributed by atoms with van der Waals surface area (Å²) in [5.41, 5.74) is 0. The number of rotatable bonds is 5. The van der Waals surface area contributed by atoms with Gasteiger partial charge in [-0.15, -0.1) is 4.67 Å². The molecule has 1 N–H and O–H groups in total. The van der Waals surface area contributed by atoms with Gasteiger partial charge in [0.25, 0.3) is 9.03 Å². The van der Waals surface area contributed by atoms with Crippen LogP contribution in [0.15, 0.2) is 5.16 Å². The highest BCUT2D eigenvalue weighted by Gasteiger charge is 1.84. The fourth-order valence-corrected chi connectivity index (χ4v) is 0.356. The van der Waals surface area contributed by atoms with E-state index in [9.17, 15) is 0 Å². The summed E-state index contributed by atoms with van der Waals surface area (Å²) in [6.45, 7) is 1.67. The summed E-state index contributed by atoms with van der Waals surface area (Å²) in [5, 5.41) is 17.4. The van der Waals surface area contributed by atoms with E-state index in [1.807, 2.05) is 0 Å². The Morgan fingerprint density at radius 2 is 2.09 bits per heavy atom. The van der Waals surface area contributed by atoms with Crippen LogP contribution in [-0.2, 0) is 19.4 Å². The van der Waals surface area contributed by atoms with Crippen molar-refractivity contribution in [3.8, 4) is 0 Å². The van der Waals surface area contributed by atoms with Crippen LogP contribution >= 0.6 is 9.03 Å². The lowest BCUT2D eigenvalue weighted by Gasteiger charge is -1.93. The minimum atomic E-state index is -0.459. The van der Waals surface area contributed by atoms with E-state index >= 15 is 0 Å². The second-order valence-corrected chi connectivity index (χ2v) is 1.28. The van der Waals surface area contributed by atoms with E-state index in [1.54, 1.807) is 6.92 Å². The van der Waals surface area contributed by atoms with Crippen LogP contribution in [0.1, 0.15) is 21.8 Å². The summed E-state index contributed by atoms with van der Waals surface area (Å²) in [5.74, 6) is 0. The number of nitrogens with zero attached hydrogens (tertiary/aromatic N) is 1. The Morgan fingerprint density at radius 3 is 2.55 bits per heavy atom. The normalized spacial score (nSPS) is 9.64. The molecule has 0 aromatic rings. The molecule has 0 radical (unpaired) electrons. The van der Waals surface area contributed by atoms with E-state index in [4.69, 9.17) is 5.26 Å². The van der Waals surface area contributed by atoms with Gasteiger partial charge in [0.2, 0.25) is 0 Å². The molecule has 0 fully saturated rings. The molecule has 0 saturated heterocycles. The van der Waals surface area contributed by atoms with Crippen LogP contribution in [0.5, 0.6) is 0 Å². The maximum atomic E-state index is 7.49. The largest absolute Gasteiger partial charge is 0.347 e. The van der Waals surface area contributed by atoms with Crippen LogP contribution in [0.25, 0.3) is 0 Å². The summed E-state index contributed by atoms with van der Waals surface area (Å²) >= 11 is 0. The molecule has 0 aliphatic rings. The Labute approximate surface area is 67.8 Å². The molecule has 0 aliphatic carbocycles. The van der Waals surface area contributed by atoms with Crippen LogP contribution in [0, 0.1) is 0 Å². The molecular weight excluding hydrogens is 173 g/mol. The second kappa shape index (κ2) is 16.4. The zero-order valence-electron chi connectivity index (χ0n) is 4.60. The van der Waals surface area contributed by atoms with E-state index in [0.29, 0.717) is 0 Å². The lowest BCUT2D eigenvalue weighted by atomic mass is 10.9. The molecule has 1 atom stereocenters. The maximum Gasteiger partial charge on any atom is 0.284 e. The van der Waals surface area contributed by atoms with Crippen molar-refractivity contribution in [3.05, 3.63) is 0 Å². The van der Waals surface area contributed by atoms with Gasteiger partial charge in [0, 0.05) is 6.21 Å². The third-order valence-electron chi connectivity index (χ3n) is 0.294. The Bertz CT molecular complexity index is 80.9. The van der Waals surface area contributed by atoms with E-state index in [2.05, 4.69) is 24.5 Å². The van der Waals surface area contributed by atoms with Gasteiger partial charge in [0.05, 0.1) is 0 Å². The predicted molar refractivity (Wildman–Crippen MR) is 42.9 cm³/mol. The summed E-state index contributed by atoms with van der Waals surface area (Å²) < 4.78 is 8.35. The highest BCUT2D eigenvalue weighted by molar-refractivity contribution is 7.25. The maximum absolute atomic E-state index is 7.49. The van der Waals surface area contributed by atoms with Gasteiger partial charge in [-0.05, 0) is 17.0 Å². The molecule has 7 heteroatoms. The molecule has 0 aromatic carbocycles. The average molecular weight is 187 g/mol. The standard InChI is InChI=1S/C2H6NO5P.2CH4/c1-2-3-5-9-8-7-6-4;;/h2,4,9H,1H3;2*1H4/b3-2+;;. The number of hydrogen-bond donors (Lipinski definition) is 1. The first-order valence-electron chi connectivity index (χ1n) is 1.94. The van der Waals surface area contributed by atoms with E-state index in [0.717, 1.165) is 0 Å². The van der Waals surface area contributed by atoms with Crippen molar-refractivity contribution in [2.24, 2.45) is 5.16 Å². The van der Waals surface area contributed by atoms with Crippen molar-refractivity contribution in [2.75, 3.05) is 0 Å². The van der Waals surface area contributed by atoms with Crippen LogP contribution in [-0.4, -0.2) is 11.5 Å². The molecule has 70 valence electrons. The van der Waals surface area contributed by atoms with Crippen molar-refractivity contribution in [2.45, 2.75) is 21.8 Å². The number of oxime groups is 1.